The molecule has 0 radical (unpaired) electrons. The highest BCUT2D eigenvalue weighted by Gasteiger charge is 2.06. The van der Waals surface area contributed by atoms with Crippen LogP contribution in [-0.4, -0.2) is 28.3 Å². The molecule has 0 aliphatic rings. The van der Waals surface area contributed by atoms with E-state index >= 15 is 0 Å². The van der Waals surface area contributed by atoms with Crippen LogP contribution in [0.5, 0.6) is 0 Å². The van der Waals surface area contributed by atoms with E-state index < -0.39 is 0 Å². The SMILES string of the molecule is CC(=O)NCCC(=O)Nc1ccc(-c2nc3ccccc3[nH]2)cc1. The van der Waals surface area contributed by atoms with Gasteiger partial charge in [-0.2, -0.15) is 0 Å². The Bertz CT molecular complexity index is 835. The van der Waals surface area contributed by atoms with Crippen molar-refractivity contribution in [2.24, 2.45) is 0 Å². The second-order valence-corrected chi connectivity index (χ2v) is 5.46. The van der Waals surface area contributed by atoms with E-state index in [0.29, 0.717) is 12.2 Å². The molecule has 0 spiro atoms. The van der Waals surface area contributed by atoms with Crippen molar-refractivity contribution in [1.82, 2.24) is 15.3 Å². The Labute approximate surface area is 139 Å². The number of imidazole rings is 1. The molecule has 6 nitrogen and oxygen atoms in total. The number of anilines is 1. The number of fused-ring (bicyclic) bond motifs is 1. The molecule has 122 valence electrons. The third-order valence-electron chi connectivity index (χ3n) is 3.56. The Balaban J connectivity index is 1.64. The third kappa shape index (κ3) is 3.78. The topological polar surface area (TPSA) is 86.9 Å². The number of rotatable bonds is 5. The Morgan fingerprint density at radius 3 is 2.54 bits per heavy atom. The number of amides is 2. The predicted octanol–water partition coefficient (Wildman–Crippen LogP) is 2.69. The highest BCUT2D eigenvalue weighted by Crippen LogP contribution is 2.22. The van der Waals surface area contributed by atoms with Crippen molar-refractivity contribution >= 4 is 28.5 Å². The van der Waals surface area contributed by atoms with Crippen molar-refractivity contribution in [1.29, 1.82) is 0 Å². The van der Waals surface area contributed by atoms with Crippen molar-refractivity contribution in [2.75, 3.05) is 11.9 Å². The summed E-state index contributed by atoms with van der Waals surface area (Å²) in [5.41, 5.74) is 3.57. The molecule has 0 saturated heterocycles. The number of aromatic amines is 1. The molecule has 2 aromatic carbocycles. The molecule has 3 aromatic rings. The second-order valence-electron chi connectivity index (χ2n) is 5.46. The van der Waals surface area contributed by atoms with E-state index in [2.05, 4.69) is 20.6 Å². The Hall–Kier alpha value is -3.15. The molecule has 0 aliphatic carbocycles. The molecule has 0 saturated carbocycles. The number of benzene rings is 2. The molecule has 24 heavy (non-hydrogen) atoms. The van der Waals surface area contributed by atoms with Gasteiger partial charge in [0.2, 0.25) is 11.8 Å². The Kier molecular flexibility index (Phi) is 4.56. The third-order valence-corrected chi connectivity index (χ3v) is 3.56. The monoisotopic (exact) mass is 322 g/mol. The first-order chi connectivity index (χ1) is 11.6. The normalized spacial score (nSPS) is 10.5. The maximum atomic E-state index is 11.8. The maximum absolute atomic E-state index is 11.8. The lowest BCUT2D eigenvalue weighted by atomic mass is 10.2. The minimum absolute atomic E-state index is 0.139. The van der Waals surface area contributed by atoms with Crippen molar-refractivity contribution in [3.8, 4) is 11.4 Å². The summed E-state index contributed by atoms with van der Waals surface area (Å²) in [7, 11) is 0. The van der Waals surface area contributed by atoms with Crippen molar-refractivity contribution in [3.63, 3.8) is 0 Å². The van der Waals surface area contributed by atoms with Crippen molar-refractivity contribution in [3.05, 3.63) is 48.5 Å². The van der Waals surface area contributed by atoms with Gasteiger partial charge in [-0.1, -0.05) is 12.1 Å². The number of carbonyl (C=O) groups is 2. The molecule has 3 rings (SSSR count). The van der Waals surface area contributed by atoms with Gasteiger partial charge in [0.1, 0.15) is 5.82 Å². The summed E-state index contributed by atoms with van der Waals surface area (Å²) >= 11 is 0. The smallest absolute Gasteiger partial charge is 0.226 e. The number of hydrogen-bond acceptors (Lipinski definition) is 3. The van der Waals surface area contributed by atoms with Crippen LogP contribution in [0.1, 0.15) is 13.3 Å². The first-order valence-electron chi connectivity index (χ1n) is 7.71. The van der Waals surface area contributed by atoms with Crippen molar-refractivity contribution < 1.29 is 9.59 Å². The number of hydrogen-bond donors (Lipinski definition) is 3. The molecule has 2 amide bonds. The Morgan fingerprint density at radius 2 is 1.83 bits per heavy atom. The molecule has 0 fully saturated rings. The number of nitrogens with one attached hydrogen (secondary N) is 3. The molecule has 3 N–H and O–H groups in total. The van der Waals surface area contributed by atoms with E-state index in [-0.39, 0.29) is 18.2 Å². The lowest BCUT2D eigenvalue weighted by molar-refractivity contribution is -0.119. The molecule has 0 aliphatic heterocycles. The van der Waals surface area contributed by atoms with Crippen LogP contribution in [0.25, 0.3) is 22.4 Å². The van der Waals surface area contributed by atoms with E-state index in [0.717, 1.165) is 22.4 Å². The van der Waals surface area contributed by atoms with Gasteiger partial charge < -0.3 is 15.6 Å². The Morgan fingerprint density at radius 1 is 1.08 bits per heavy atom. The molecule has 0 unspecified atom stereocenters. The standard InChI is InChI=1S/C18H18N4O2/c1-12(23)19-11-10-17(24)20-14-8-6-13(7-9-14)18-21-15-4-2-3-5-16(15)22-18/h2-9H,10-11H2,1H3,(H,19,23)(H,20,24)(H,21,22). The van der Waals surface area contributed by atoms with Crippen LogP contribution in [-0.2, 0) is 9.59 Å². The number of aromatic nitrogens is 2. The molecular formula is C18H18N4O2. The highest BCUT2D eigenvalue weighted by molar-refractivity contribution is 5.91. The maximum Gasteiger partial charge on any atom is 0.226 e. The first kappa shape index (κ1) is 15.7. The van der Waals surface area contributed by atoms with Gasteiger partial charge in [0, 0.05) is 31.1 Å². The summed E-state index contributed by atoms with van der Waals surface area (Å²) < 4.78 is 0. The summed E-state index contributed by atoms with van der Waals surface area (Å²) in [6.45, 7) is 1.76. The van der Waals surface area contributed by atoms with Gasteiger partial charge in [0.05, 0.1) is 11.0 Å². The van der Waals surface area contributed by atoms with Gasteiger partial charge in [-0.3, -0.25) is 9.59 Å². The van der Waals surface area contributed by atoms with Crippen LogP contribution in [0, 0.1) is 0 Å². The van der Waals surface area contributed by atoms with E-state index in [9.17, 15) is 9.59 Å². The fraction of sp³-hybridized carbons (Fsp3) is 0.167. The van der Waals surface area contributed by atoms with Crippen molar-refractivity contribution in [2.45, 2.75) is 13.3 Å². The molecule has 1 aromatic heterocycles. The quantitative estimate of drug-likeness (QED) is 0.675. The molecule has 0 atom stereocenters. The summed E-state index contributed by atoms with van der Waals surface area (Å²) in [6.07, 6.45) is 0.241. The van der Waals surface area contributed by atoms with Gasteiger partial charge >= 0.3 is 0 Å². The average Bonchev–Trinajstić information content (AvgIpc) is 2.99. The lowest BCUT2D eigenvalue weighted by Crippen LogP contribution is -2.25. The second kappa shape index (κ2) is 6.95. The van der Waals surface area contributed by atoms with Crippen LogP contribution in [0.3, 0.4) is 0 Å². The number of nitrogens with zero attached hydrogens (tertiary/aromatic N) is 1. The fourth-order valence-electron chi connectivity index (χ4n) is 2.38. The summed E-state index contributed by atoms with van der Waals surface area (Å²) in [4.78, 5) is 30.4. The van der Waals surface area contributed by atoms with Crippen LogP contribution in [0.4, 0.5) is 5.69 Å². The summed E-state index contributed by atoms with van der Waals surface area (Å²) in [5.74, 6) is 0.512. The molecule has 6 heteroatoms. The van der Waals surface area contributed by atoms with E-state index in [1.54, 1.807) is 0 Å². The largest absolute Gasteiger partial charge is 0.356 e. The predicted molar refractivity (Wildman–Crippen MR) is 93.5 cm³/mol. The molecule has 1 heterocycles. The van der Waals surface area contributed by atoms with Gasteiger partial charge in [-0.05, 0) is 36.4 Å². The van der Waals surface area contributed by atoms with E-state index in [1.165, 1.54) is 6.92 Å². The van der Waals surface area contributed by atoms with Gasteiger partial charge in [0.15, 0.2) is 0 Å². The van der Waals surface area contributed by atoms with Crippen LogP contribution in [0.15, 0.2) is 48.5 Å². The van der Waals surface area contributed by atoms with Crippen LogP contribution in [0.2, 0.25) is 0 Å². The van der Waals surface area contributed by atoms with Crippen LogP contribution >= 0.6 is 0 Å². The summed E-state index contributed by atoms with van der Waals surface area (Å²) in [5, 5.41) is 5.39. The minimum Gasteiger partial charge on any atom is -0.356 e. The zero-order valence-electron chi connectivity index (χ0n) is 13.3. The summed E-state index contributed by atoms with van der Waals surface area (Å²) in [6, 6.07) is 15.3. The minimum atomic E-state index is -0.141. The lowest BCUT2D eigenvalue weighted by Gasteiger charge is -2.06. The number of carbonyl (C=O) groups excluding carboxylic acids is 2. The zero-order chi connectivity index (χ0) is 16.9. The number of para-hydroxylation sites is 2. The first-order valence-corrected chi connectivity index (χ1v) is 7.71. The van der Waals surface area contributed by atoms with E-state index in [4.69, 9.17) is 0 Å². The number of H-pyrrole nitrogens is 1. The fourth-order valence-corrected chi connectivity index (χ4v) is 2.38. The molecule has 0 bridgehead atoms. The average molecular weight is 322 g/mol. The highest BCUT2D eigenvalue weighted by atomic mass is 16.2. The van der Waals surface area contributed by atoms with Crippen LogP contribution < -0.4 is 10.6 Å². The van der Waals surface area contributed by atoms with Gasteiger partial charge in [0.25, 0.3) is 0 Å². The molecular weight excluding hydrogens is 304 g/mol. The zero-order valence-corrected chi connectivity index (χ0v) is 13.3. The van der Waals surface area contributed by atoms with Gasteiger partial charge in [-0.15, -0.1) is 0 Å². The van der Waals surface area contributed by atoms with E-state index in [1.807, 2.05) is 48.5 Å². The van der Waals surface area contributed by atoms with Gasteiger partial charge in [-0.25, -0.2) is 4.98 Å².